The molecule has 2 rings (SSSR count). The lowest BCUT2D eigenvalue weighted by Gasteiger charge is -2.39. The zero-order valence-electron chi connectivity index (χ0n) is 10.5. The highest BCUT2D eigenvalue weighted by atomic mass is 16.4. The van der Waals surface area contributed by atoms with Gasteiger partial charge in [-0.2, -0.15) is 0 Å². The Kier molecular flexibility index (Phi) is 3.79. The van der Waals surface area contributed by atoms with Crippen molar-refractivity contribution in [3.63, 3.8) is 0 Å². The molecule has 1 aromatic heterocycles. The minimum absolute atomic E-state index is 0.0279. The first kappa shape index (κ1) is 13.5. The largest absolute Gasteiger partial charge is 0.476 e. The summed E-state index contributed by atoms with van der Waals surface area (Å²) in [7, 11) is 0. The van der Waals surface area contributed by atoms with Gasteiger partial charge in [0.05, 0.1) is 18.2 Å². The molecule has 0 unspecified atom stereocenters. The van der Waals surface area contributed by atoms with E-state index in [0.717, 1.165) is 19.3 Å². The molecule has 8 heteroatoms. The summed E-state index contributed by atoms with van der Waals surface area (Å²) in [5, 5.41) is 18.6. The number of carboxylic acids is 1. The Morgan fingerprint density at radius 1 is 1.53 bits per heavy atom. The summed E-state index contributed by atoms with van der Waals surface area (Å²) in [5.41, 5.74) is 5.13. The van der Waals surface area contributed by atoms with Crippen LogP contribution in [-0.4, -0.2) is 45.1 Å². The normalized spacial score (nSPS) is 16.7. The van der Waals surface area contributed by atoms with Gasteiger partial charge in [0, 0.05) is 13.1 Å². The average molecular weight is 267 g/mol. The topological polar surface area (TPSA) is 123 Å². The SMILES string of the molecule is NCC1(C(=O)NCCn2cc(C(=O)O)nn2)CCC1. The number of nitrogens with one attached hydrogen (secondary N) is 1. The zero-order chi connectivity index (χ0) is 13.9. The number of carboxylic acid groups (broad SMARTS) is 1. The summed E-state index contributed by atoms with van der Waals surface area (Å²) < 4.78 is 1.39. The molecule has 1 aliphatic rings. The van der Waals surface area contributed by atoms with Crippen molar-refractivity contribution in [3.8, 4) is 0 Å². The van der Waals surface area contributed by atoms with E-state index in [9.17, 15) is 9.59 Å². The second-order valence-electron chi connectivity index (χ2n) is 4.77. The lowest BCUT2D eigenvalue weighted by molar-refractivity contribution is -0.135. The summed E-state index contributed by atoms with van der Waals surface area (Å²) in [6, 6.07) is 0. The number of nitrogens with zero attached hydrogens (tertiary/aromatic N) is 3. The van der Waals surface area contributed by atoms with Crippen LogP contribution in [-0.2, 0) is 11.3 Å². The van der Waals surface area contributed by atoms with Gasteiger partial charge in [-0.05, 0) is 12.8 Å². The Morgan fingerprint density at radius 2 is 2.26 bits per heavy atom. The van der Waals surface area contributed by atoms with Crippen molar-refractivity contribution < 1.29 is 14.7 Å². The Hall–Kier alpha value is -1.96. The fourth-order valence-corrected chi connectivity index (χ4v) is 2.10. The molecule has 0 atom stereocenters. The van der Waals surface area contributed by atoms with Gasteiger partial charge in [-0.25, -0.2) is 9.48 Å². The number of rotatable bonds is 6. The van der Waals surface area contributed by atoms with Crippen molar-refractivity contribution in [1.29, 1.82) is 0 Å². The van der Waals surface area contributed by atoms with Gasteiger partial charge in [-0.3, -0.25) is 4.79 Å². The average Bonchev–Trinajstić information content (AvgIpc) is 2.77. The van der Waals surface area contributed by atoms with Crippen LogP contribution in [0.2, 0.25) is 0 Å². The smallest absolute Gasteiger partial charge is 0.358 e. The molecule has 1 aliphatic carbocycles. The van der Waals surface area contributed by atoms with Gasteiger partial charge in [0.1, 0.15) is 0 Å². The number of hydrogen-bond donors (Lipinski definition) is 3. The van der Waals surface area contributed by atoms with Crippen molar-refractivity contribution >= 4 is 11.9 Å². The summed E-state index contributed by atoms with van der Waals surface area (Å²) in [6.07, 6.45) is 4.04. The zero-order valence-corrected chi connectivity index (χ0v) is 10.5. The molecule has 19 heavy (non-hydrogen) atoms. The van der Waals surface area contributed by atoms with E-state index in [0.29, 0.717) is 19.6 Å². The number of amides is 1. The number of hydrogen-bond acceptors (Lipinski definition) is 5. The second-order valence-corrected chi connectivity index (χ2v) is 4.77. The van der Waals surface area contributed by atoms with E-state index in [1.807, 2.05) is 0 Å². The maximum atomic E-state index is 12.0. The molecule has 0 bridgehead atoms. The summed E-state index contributed by atoms with van der Waals surface area (Å²) >= 11 is 0. The third kappa shape index (κ3) is 2.73. The standard InChI is InChI=1S/C11H17N5O3/c12-7-11(2-1-3-11)10(19)13-4-5-16-6-8(9(17)18)14-15-16/h6H,1-5,7,12H2,(H,13,19)(H,17,18). The van der Waals surface area contributed by atoms with E-state index in [2.05, 4.69) is 15.6 Å². The minimum atomic E-state index is -1.12. The van der Waals surface area contributed by atoms with Crippen LogP contribution in [0.15, 0.2) is 6.20 Å². The van der Waals surface area contributed by atoms with Gasteiger partial charge >= 0.3 is 5.97 Å². The fraction of sp³-hybridized carbons (Fsp3) is 0.636. The maximum absolute atomic E-state index is 12.0. The van der Waals surface area contributed by atoms with Crippen LogP contribution in [0.25, 0.3) is 0 Å². The lowest BCUT2D eigenvalue weighted by atomic mass is 9.68. The molecule has 1 saturated carbocycles. The summed E-state index contributed by atoms with van der Waals surface area (Å²) in [4.78, 5) is 22.6. The summed E-state index contributed by atoms with van der Waals surface area (Å²) in [6.45, 7) is 1.13. The van der Waals surface area contributed by atoms with Crippen molar-refractivity contribution in [2.24, 2.45) is 11.1 Å². The highest BCUT2D eigenvalue weighted by molar-refractivity contribution is 5.84. The first-order valence-electron chi connectivity index (χ1n) is 6.19. The van der Waals surface area contributed by atoms with Crippen LogP contribution >= 0.6 is 0 Å². The quantitative estimate of drug-likeness (QED) is 0.621. The number of carbonyl (C=O) groups excluding carboxylic acids is 1. The van der Waals surface area contributed by atoms with Crippen LogP contribution in [0.5, 0.6) is 0 Å². The lowest BCUT2D eigenvalue weighted by Crippen LogP contribution is -2.50. The number of nitrogens with two attached hydrogens (primary N) is 1. The highest BCUT2D eigenvalue weighted by Gasteiger charge is 2.42. The van der Waals surface area contributed by atoms with Crippen LogP contribution in [0, 0.1) is 5.41 Å². The molecule has 1 fully saturated rings. The van der Waals surface area contributed by atoms with Crippen molar-refractivity contribution in [2.75, 3.05) is 13.1 Å². The molecule has 1 heterocycles. The van der Waals surface area contributed by atoms with Gasteiger partial charge in [-0.15, -0.1) is 5.10 Å². The van der Waals surface area contributed by atoms with Crippen molar-refractivity contribution in [3.05, 3.63) is 11.9 Å². The highest BCUT2D eigenvalue weighted by Crippen LogP contribution is 2.39. The van der Waals surface area contributed by atoms with Crippen molar-refractivity contribution in [1.82, 2.24) is 20.3 Å². The summed E-state index contributed by atoms with van der Waals surface area (Å²) in [5.74, 6) is -1.15. The second kappa shape index (κ2) is 5.35. The van der Waals surface area contributed by atoms with Gasteiger partial charge < -0.3 is 16.2 Å². The van der Waals surface area contributed by atoms with E-state index < -0.39 is 11.4 Å². The first-order chi connectivity index (χ1) is 9.07. The third-order valence-electron chi connectivity index (χ3n) is 3.57. The van der Waals surface area contributed by atoms with Crippen LogP contribution in [0.3, 0.4) is 0 Å². The Labute approximate surface area is 110 Å². The molecule has 0 saturated heterocycles. The van der Waals surface area contributed by atoms with E-state index in [4.69, 9.17) is 10.8 Å². The molecular formula is C11H17N5O3. The monoisotopic (exact) mass is 267 g/mol. The molecular weight excluding hydrogens is 250 g/mol. The molecule has 0 spiro atoms. The van der Waals surface area contributed by atoms with E-state index in [-0.39, 0.29) is 11.6 Å². The molecule has 4 N–H and O–H groups in total. The molecule has 0 aromatic carbocycles. The predicted octanol–water partition coefficient (Wildman–Crippen LogP) is -0.778. The van der Waals surface area contributed by atoms with Gasteiger partial charge in [0.2, 0.25) is 5.91 Å². The van der Waals surface area contributed by atoms with Crippen molar-refractivity contribution in [2.45, 2.75) is 25.8 Å². The number of aromatic nitrogens is 3. The third-order valence-corrected chi connectivity index (χ3v) is 3.57. The fourth-order valence-electron chi connectivity index (χ4n) is 2.10. The van der Waals surface area contributed by atoms with Crippen LogP contribution < -0.4 is 11.1 Å². The van der Waals surface area contributed by atoms with E-state index >= 15 is 0 Å². The Morgan fingerprint density at radius 3 is 2.74 bits per heavy atom. The molecule has 8 nitrogen and oxygen atoms in total. The minimum Gasteiger partial charge on any atom is -0.476 e. The van der Waals surface area contributed by atoms with Crippen LogP contribution in [0.1, 0.15) is 29.8 Å². The molecule has 0 aliphatic heterocycles. The molecule has 1 aromatic rings. The predicted molar refractivity (Wildman–Crippen MR) is 65.3 cm³/mol. The Balaban J connectivity index is 1.79. The number of aromatic carboxylic acids is 1. The van der Waals surface area contributed by atoms with Gasteiger partial charge in [0.15, 0.2) is 5.69 Å². The first-order valence-corrected chi connectivity index (χ1v) is 6.19. The molecule has 0 radical (unpaired) electrons. The van der Waals surface area contributed by atoms with Gasteiger partial charge in [-0.1, -0.05) is 11.6 Å². The van der Waals surface area contributed by atoms with E-state index in [1.54, 1.807) is 0 Å². The maximum Gasteiger partial charge on any atom is 0.358 e. The number of carbonyl (C=O) groups is 2. The Bertz CT molecular complexity index is 475. The van der Waals surface area contributed by atoms with E-state index in [1.165, 1.54) is 10.9 Å². The van der Waals surface area contributed by atoms with Gasteiger partial charge in [0.25, 0.3) is 0 Å². The molecule has 104 valence electrons. The van der Waals surface area contributed by atoms with Crippen LogP contribution in [0.4, 0.5) is 0 Å². The molecule has 1 amide bonds.